The lowest BCUT2D eigenvalue weighted by Gasteiger charge is -2.18. The van der Waals surface area contributed by atoms with E-state index in [0.717, 1.165) is 5.56 Å². The first kappa shape index (κ1) is 15.8. The Hall–Kier alpha value is -2.54. The zero-order chi connectivity index (χ0) is 15.9. The number of amides is 1. The number of hydrogen-bond donors (Lipinski definition) is 2. The molecule has 1 aromatic rings. The predicted octanol–water partition coefficient (Wildman–Crippen LogP) is 0.688. The van der Waals surface area contributed by atoms with Crippen molar-refractivity contribution in [3.8, 4) is 11.5 Å². The molecule has 0 spiro atoms. The van der Waals surface area contributed by atoms with Crippen molar-refractivity contribution in [2.24, 2.45) is 0 Å². The maximum absolute atomic E-state index is 12.0. The molecule has 1 aromatic carbocycles. The molecule has 0 aromatic heterocycles. The summed E-state index contributed by atoms with van der Waals surface area (Å²) in [5.41, 5.74) is 1.26. The Labute approximate surface area is 127 Å². The average molecular weight is 307 g/mol. The molecule has 0 bridgehead atoms. The molecule has 0 saturated heterocycles. The van der Waals surface area contributed by atoms with E-state index >= 15 is 0 Å². The second-order valence-corrected chi connectivity index (χ2v) is 4.56. The first-order valence-corrected chi connectivity index (χ1v) is 6.69. The Morgan fingerprint density at radius 1 is 1.41 bits per heavy atom. The highest BCUT2D eigenvalue weighted by atomic mass is 16.5. The molecule has 0 aliphatic carbocycles. The number of fused-ring (bicyclic) bond motifs is 1. The summed E-state index contributed by atoms with van der Waals surface area (Å²) in [7, 11) is 1.57. The highest BCUT2D eigenvalue weighted by Crippen LogP contribution is 2.29. The van der Waals surface area contributed by atoms with E-state index in [1.54, 1.807) is 31.4 Å². The van der Waals surface area contributed by atoms with E-state index in [1.165, 1.54) is 0 Å². The second kappa shape index (κ2) is 7.46. The molecule has 118 valence electrons. The molecule has 0 saturated carbocycles. The summed E-state index contributed by atoms with van der Waals surface area (Å²) >= 11 is 0. The van der Waals surface area contributed by atoms with Crippen molar-refractivity contribution < 1.29 is 28.9 Å². The molecule has 0 radical (unpaired) electrons. The van der Waals surface area contributed by atoms with Crippen LogP contribution in [0.5, 0.6) is 11.5 Å². The van der Waals surface area contributed by atoms with Crippen molar-refractivity contribution in [3.63, 3.8) is 0 Å². The van der Waals surface area contributed by atoms with Crippen LogP contribution in [0, 0.1) is 0 Å². The van der Waals surface area contributed by atoms with Gasteiger partial charge in [-0.1, -0.05) is 0 Å². The number of nitrogens with one attached hydrogen (secondary N) is 1. The molecular formula is C15H17NO6. The summed E-state index contributed by atoms with van der Waals surface area (Å²) in [6, 6.07) is 5.37. The number of carbonyl (C=O) groups excluding carboxylic acids is 1. The third-order valence-corrected chi connectivity index (χ3v) is 2.98. The van der Waals surface area contributed by atoms with Gasteiger partial charge in [0.25, 0.3) is 5.91 Å². The van der Waals surface area contributed by atoms with Crippen molar-refractivity contribution in [1.82, 2.24) is 5.32 Å². The lowest BCUT2D eigenvalue weighted by atomic mass is 10.1. The number of benzene rings is 1. The Bertz CT molecular complexity index is 596. The van der Waals surface area contributed by atoms with Crippen LogP contribution >= 0.6 is 0 Å². The van der Waals surface area contributed by atoms with Crippen molar-refractivity contribution in [2.75, 3.05) is 33.5 Å². The molecule has 7 nitrogen and oxygen atoms in total. The van der Waals surface area contributed by atoms with Gasteiger partial charge in [-0.15, -0.1) is 0 Å². The molecule has 0 unspecified atom stereocenters. The third-order valence-electron chi connectivity index (χ3n) is 2.98. The number of carboxylic acid groups (broad SMARTS) is 1. The standard InChI is InChI=1S/C15H17NO6/c1-20-12-2-3-13-10(7-12)6-11(8-22-13)15(19)16-4-5-21-9-14(17)18/h2-3,6-7H,4-5,8-9H2,1H3,(H,16,19)(H,17,18). The maximum Gasteiger partial charge on any atom is 0.329 e. The fourth-order valence-corrected chi connectivity index (χ4v) is 1.92. The second-order valence-electron chi connectivity index (χ2n) is 4.56. The lowest BCUT2D eigenvalue weighted by molar-refractivity contribution is -0.142. The molecule has 2 N–H and O–H groups in total. The van der Waals surface area contributed by atoms with E-state index in [0.29, 0.717) is 17.1 Å². The van der Waals surface area contributed by atoms with E-state index in [2.05, 4.69) is 5.32 Å². The third kappa shape index (κ3) is 4.23. The minimum absolute atomic E-state index is 0.136. The Kier molecular flexibility index (Phi) is 5.37. The number of hydrogen-bond acceptors (Lipinski definition) is 5. The van der Waals surface area contributed by atoms with Gasteiger partial charge >= 0.3 is 5.97 Å². The molecule has 1 aliphatic rings. The Morgan fingerprint density at radius 3 is 2.95 bits per heavy atom. The minimum Gasteiger partial charge on any atom is -0.497 e. The Balaban J connectivity index is 1.90. The first-order chi connectivity index (χ1) is 10.6. The van der Waals surface area contributed by atoms with Crippen LogP contribution in [-0.4, -0.2) is 50.5 Å². The minimum atomic E-state index is -1.04. The van der Waals surface area contributed by atoms with E-state index in [1.807, 2.05) is 0 Å². The number of methoxy groups -OCH3 is 1. The molecular weight excluding hydrogens is 290 g/mol. The zero-order valence-corrected chi connectivity index (χ0v) is 12.1. The molecule has 0 fully saturated rings. The zero-order valence-electron chi connectivity index (χ0n) is 12.1. The summed E-state index contributed by atoms with van der Waals surface area (Å²) in [5, 5.41) is 11.1. The number of rotatable bonds is 7. The van der Waals surface area contributed by atoms with Gasteiger partial charge in [0.05, 0.1) is 19.3 Å². The van der Waals surface area contributed by atoms with Crippen molar-refractivity contribution in [3.05, 3.63) is 29.3 Å². The predicted molar refractivity (Wildman–Crippen MR) is 77.9 cm³/mol. The van der Waals surface area contributed by atoms with Gasteiger partial charge < -0.3 is 24.6 Å². The molecule has 1 heterocycles. The van der Waals surface area contributed by atoms with Gasteiger partial charge in [0, 0.05) is 12.1 Å². The van der Waals surface area contributed by atoms with Crippen LogP contribution in [0.25, 0.3) is 6.08 Å². The molecule has 22 heavy (non-hydrogen) atoms. The van der Waals surface area contributed by atoms with Gasteiger partial charge in [0.15, 0.2) is 0 Å². The van der Waals surface area contributed by atoms with E-state index in [4.69, 9.17) is 19.3 Å². The van der Waals surface area contributed by atoms with E-state index < -0.39 is 5.97 Å². The monoisotopic (exact) mass is 307 g/mol. The summed E-state index contributed by atoms with van der Waals surface area (Å²) in [4.78, 5) is 22.3. The topological polar surface area (TPSA) is 94.1 Å². The summed E-state index contributed by atoms with van der Waals surface area (Å²) in [6.45, 7) is 0.168. The Morgan fingerprint density at radius 2 is 2.23 bits per heavy atom. The maximum atomic E-state index is 12.0. The van der Waals surface area contributed by atoms with E-state index in [9.17, 15) is 9.59 Å². The molecule has 0 atom stereocenters. The molecule has 2 rings (SSSR count). The van der Waals surface area contributed by atoms with Crippen LogP contribution in [-0.2, 0) is 14.3 Å². The van der Waals surface area contributed by atoms with Gasteiger partial charge in [0.2, 0.25) is 0 Å². The van der Waals surface area contributed by atoms with Crippen LogP contribution in [0.2, 0.25) is 0 Å². The van der Waals surface area contributed by atoms with Crippen LogP contribution in [0.3, 0.4) is 0 Å². The van der Waals surface area contributed by atoms with Gasteiger partial charge in [-0.05, 0) is 24.3 Å². The van der Waals surface area contributed by atoms with Gasteiger partial charge in [-0.25, -0.2) is 4.79 Å². The average Bonchev–Trinajstić information content (AvgIpc) is 2.52. The molecule has 1 aliphatic heterocycles. The number of ether oxygens (including phenoxy) is 3. The van der Waals surface area contributed by atoms with Crippen LogP contribution in [0.15, 0.2) is 23.8 Å². The number of carboxylic acids is 1. The first-order valence-electron chi connectivity index (χ1n) is 6.69. The largest absolute Gasteiger partial charge is 0.497 e. The smallest absolute Gasteiger partial charge is 0.329 e. The van der Waals surface area contributed by atoms with Crippen LogP contribution in [0.4, 0.5) is 0 Å². The van der Waals surface area contributed by atoms with Crippen LogP contribution < -0.4 is 14.8 Å². The summed E-state index contributed by atoms with van der Waals surface area (Å²) in [6.07, 6.45) is 1.74. The van der Waals surface area contributed by atoms with Crippen LogP contribution in [0.1, 0.15) is 5.56 Å². The number of carbonyl (C=O) groups is 2. The molecule has 7 heteroatoms. The van der Waals surface area contributed by atoms with Crippen molar-refractivity contribution in [2.45, 2.75) is 0 Å². The summed E-state index contributed by atoms with van der Waals surface area (Å²) in [5.74, 6) is 0.0668. The molecule has 1 amide bonds. The number of aliphatic carboxylic acids is 1. The van der Waals surface area contributed by atoms with Gasteiger partial charge in [-0.2, -0.15) is 0 Å². The quantitative estimate of drug-likeness (QED) is 0.720. The SMILES string of the molecule is COc1ccc2c(c1)C=C(C(=O)NCCOCC(=O)O)CO2. The van der Waals surface area contributed by atoms with Gasteiger partial charge in [-0.3, -0.25) is 4.79 Å². The fraction of sp³-hybridized carbons (Fsp3) is 0.333. The normalized spacial score (nSPS) is 12.7. The van der Waals surface area contributed by atoms with Crippen molar-refractivity contribution in [1.29, 1.82) is 0 Å². The van der Waals surface area contributed by atoms with Gasteiger partial charge in [0.1, 0.15) is 24.7 Å². The highest BCUT2D eigenvalue weighted by molar-refractivity contribution is 5.99. The fourth-order valence-electron chi connectivity index (χ4n) is 1.92. The highest BCUT2D eigenvalue weighted by Gasteiger charge is 2.17. The summed E-state index contributed by atoms with van der Waals surface area (Å²) < 4.78 is 15.5. The van der Waals surface area contributed by atoms with Crippen molar-refractivity contribution >= 4 is 18.0 Å². The lowest BCUT2D eigenvalue weighted by Crippen LogP contribution is -2.31. The van der Waals surface area contributed by atoms with E-state index in [-0.39, 0.29) is 32.3 Å².